The molecule has 0 aliphatic carbocycles. The van der Waals surface area contributed by atoms with Crippen LogP contribution in [0.5, 0.6) is 0 Å². The summed E-state index contributed by atoms with van der Waals surface area (Å²) in [5.41, 5.74) is 2.09. The molecule has 9 heteroatoms. The first-order valence-electron chi connectivity index (χ1n) is 10.2. The van der Waals surface area contributed by atoms with E-state index in [0.717, 1.165) is 5.56 Å². The van der Waals surface area contributed by atoms with Crippen LogP contribution in [-0.4, -0.2) is 52.9 Å². The number of carbonyl (C=O) groups excluding carboxylic acids is 3. The summed E-state index contributed by atoms with van der Waals surface area (Å²) in [6.07, 6.45) is 2.93. The third kappa shape index (κ3) is 5.88. The van der Waals surface area contributed by atoms with Gasteiger partial charge in [-0.1, -0.05) is 30.3 Å². The number of hydrogen-bond donors (Lipinski definition) is 4. The summed E-state index contributed by atoms with van der Waals surface area (Å²) in [5.74, 6) is -1.47. The third-order valence-electron chi connectivity index (χ3n) is 5.14. The van der Waals surface area contributed by atoms with Gasteiger partial charge in [0, 0.05) is 17.7 Å². The van der Waals surface area contributed by atoms with Crippen LogP contribution in [0, 0.1) is 0 Å². The zero-order chi connectivity index (χ0) is 23.1. The Hall–Kier alpha value is -3.33. The lowest BCUT2D eigenvalue weighted by Gasteiger charge is -2.17. The van der Waals surface area contributed by atoms with Gasteiger partial charge in [0.2, 0.25) is 11.8 Å². The van der Waals surface area contributed by atoms with E-state index in [9.17, 15) is 24.3 Å². The minimum atomic E-state index is -1.09. The lowest BCUT2D eigenvalue weighted by atomic mass is 9.98. The summed E-state index contributed by atoms with van der Waals surface area (Å²) in [6.45, 7) is 0. The van der Waals surface area contributed by atoms with Gasteiger partial charge >= 0.3 is 5.97 Å². The maximum atomic E-state index is 13.0. The molecule has 1 heterocycles. The van der Waals surface area contributed by atoms with Gasteiger partial charge in [-0.2, -0.15) is 11.8 Å². The number of carboxylic acid groups (broad SMARTS) is 1. The molecule has 1 aliphatic heterocycles. The second-order valence-corrected chi connectivity index (χ2v) is 8.41. The molecule has 1 saturated heterocycles. The molecule has 2 unspecified atom stereocenters. The van der Waals surface area contributed by atoms with Gasteiger partial charge in [-0.3, -0.25) is 14.4 Å². The first kappa shape index (κ1) is 23.3. The Morgan fingerprint density at radius 1 is 1.19 bits per heavy atom. The van der Waals surface area contributed by atoms with Crippen LogP contribution in [-0.2, 0) is 14.4 Å². The largest absolute Gasteiger partial charge is 0.480 e. The monoisotopic (exact) mass is 455 g/mol. The van der Waals surface area contributed by atoms with E-state index in [0.29, 0.717) is 41.8 Å². The van der Waals surface area contributed by atoms with E-state index in [4.69, 9.17) is 0 Å². The summed E-state index contributed by atoms with van der Waals surface area (Å²) < 4.78 is 0. The number of thioether (sulfide) groups is 1. The average Bonchev–Trinajstić information content (AvgIpc) is 3.23. The molecule has 0 bridgehead atoms. The Balaban J connectivity index is 1.87. The first-order chi connectivity index (χ1) is 15.4. The number of benzene rings is 2. The van der Waals surface area contributed by atoms with Crippen molar-refractivity contribution in [1.82, 2.24) is 10.6 Å². The van der Waals surface area contributed by atoms with E-state index in [-0.39, 0.29) is 11.8 Å². The SMILES string of the molecule is CSCCC(NC(=O)c1ccc(NC(=O)C2CCC(=O)N2)cc1-c1ccccc1)C(=O)O. The van der Waals surface area contributed by atoms with Gasteiger partial charge in [0.25, 0.3) is 5.91 Å². The molecular formula is C23H25N3O5S. The zero-order valence-corrected chi connectivity index (χ0v) is 18.4. The molecule has 1 fully saturated rings. The quantitative estimate of drug-likeness (QED) is 0.461. The number of hydrogen-bond acceptors (Lipinski definition) is 5. The average molecular weight is 456 g/mol. The van der Waals surface area contributed by atoms with Gasteiger partial charge in [0.15, 0.2) is 0 Å². The molecule has 168 valence electrons. The highest BCUT2D eigenvalue weighted by molar-refractivity contribution is 7.98. The summed E-state index contributed by atoms with van der Waals surface area (Å²) in [5, 5.41) is 17.5. The summed E-state index contributed by atoms with van der Waals surface area (Å²) in [4.78, 5) is 48.4. The Labute approximate surface area is 190 Å². The van der Waals surface area contributed by atoms with Crippen molar-refractivity contribution in [3.8, 4) is 11.1 Å². The van der Waals surface area contributed by atoms with E-state index in [1.54, 1.807) is 18.2 Å². The topological polar surface area (TPSA) is 125 Å². The van der Waals surface area contributed by atoms with Gasteiger partial charge < -0.3 is 21.1 Å². The number of carbonyl (C=O) groups is 4. The van der Waals surface area contributed by atoms with Crippen molar-refractivity contribution in [2.75, 3.05) is 17.3 Å². The Kier molecular flexibility index (Phi) is 7.88. The van der Waals surface area contributed by atoms with Crippen molar-refractivity contribution in [1.29, 1.82) is 0 Å². The van der Waals surface area contributed by atoms with Crippen LogP contribution in [0.2, 0.25) is 0 Å². The van der Waals surface area contributed by atoms with Crippen LogP contribution < -0.4 is 16.0 Å². The van der Waals surface area contributed by atoms with Gasteiger partial charge in [0.1, 0.15) is 12.1 Å². The standard InChI is InChI=1S/C23H25N3O5S/c1-32-12-11-19(23(30)31)26-21(28)16-8-7-15(13-17(16)14-5-3-2-4-6-14)24-22(29)18-9-10-20(27)25-18/h2-8,13,18-19H,9-12H2,1H3,(H,24,29)(H,25,27)(H,26,28)(H,30,31). The van der Waals surface area contributed by atoms with E-state index < -0.39 is 24.0 Å². The van der Waals surface area contributed by atoms with Crippen LogP contribution in [0.1, 0.15) is 29.6 Å². The van der Waals surface area contributed by atoms with Crippen LogP contribution in [0.4, 0.5) is 5.69 Å². The Bertz CT molecular complexity index is 1010. The molecule has 4 N–H and O–H groups in total. The second-order valence-electron chi connectivity index (χ2n) is 7.42. The molecule has 2 aromatic rings. The molecular weight excluding hydrogens is 430 g/mol. The van der Waals surface area contributed by atoms with Crippen molar-refractivity contribution in [3.63, 3.8) is 0 Å². The van der Waals surface area contributed by atoms with Gasteiger partial charge in [-0.05, 0) is 54.2 Å². The summed E-state index contributed by atoms with van der Waals surface area (Å²) in [7, 11) is 0. The molecule has 0 radical (unpaired) electrons. The summed E-state index contributed by atoms with van der Waals surface area (Å²) >= 11 is 1.51. The Morgan fingerprint density at radius 2 is 1.94 bits per heavy atom. The predicted molar refractivity (Wildman–Crippen MR) is 124 cm³/mol. The van der Waals surface area contributed by atoms with Gasteiger partial charge in [0.05, 0.1) is 0 Å². The maximum Gasteiger partial charge on any atom is 0.326 e. The van der Waals surface area contributed by atoms with Crippen LogP contribution in [0.25, 0.3) is 11.1 Å². The van der Waals surface area contributed by atoms with Crippen molar-refractivity contribution < 1.29 is 24.3 Å². The second kappa shape index (κ2) is 10.8. The molecule has 0 spiro atoms. The van der Waals surface area contributed by atoms with E-state index in [1.807, 2.05) is 36.6 Å². The number of rotatable bonds is 9. The molecule has 0 aromatic heterocycles. The molecule has 0 saturated carbocycles. The fourth-order valence-corrected chi connectivity index (χ4v) is 3.92. The molecule has 2 atom stereocenters. The minimum absolute atomic E-state index is 0.156. The van der Waals surface area contributed by atoms with E-state index in [2.05, 4.69) is 16.0 Å². The first-order valence-corrected chi connectivity index (χ1v) is 11.6. The minimum Gasteiger partial charge on any atom is -0.480 e. The zero-order valence-electron chi connectivity index (χ0n) is 17.6. The highest BCUT2D eigenvalue weighted by atomic mass is 32.2. The molecule has 32 heavy (non-hydrogen) atoms. The van der Waals surface area contributed by atoms with Gasteiger partial charge in [-0.25, -0.2) is 4.79 Å². The van der Waals surface area contributed by atoms with Crippen LogP contribution in [0.3, 0.4) is 0 Å². The molecule has 3 rings (SSSR count). The van der Waals surface area contributed by atoms with Crippen molar-refractivity contribution in [3.05, 3.63) is 54.1 Å². The number of nitrogens with one attached hydrogen (secondary N) is 3. The van der Waals surface area contributed by atoms with Gasteiger partial charge in [-0.15, -0.1) is 0 Å². The van der Waals surface area contributed by atoms with Crippen LogP contribution >= 0.6 is 11.8 Å². The number of anilines is 1. The normalized spacial score (nSPS) is 16.2. The van der Waals surface area contributed by atoms with Crippen molar-refractivity contribution >= 4 is 41.1 Å². The van der Waals surface area contributed by atoms with E-state index in [1.165, 1.54) is 11.8 Å². The number of amides is 3. The third-order valence-corrected chi connectivity index (χ3v) is 5.79. The molecule has 3 amide bonds. The fraction of sp³-hybridized carbons (Fsp3) is 0.304. The molecule has 1 aliphatic rings. The highest BCUT2D eigenvalue weighted by Gasteiger charge is 2.27. The lowest BCUT2D eigenvalue weighted by molar-refractivity contribution is -0.139. The summed E-state index contributed by atoms with van der Waals surface area (Å²) in [6, 6.07) is 12.4. The maximum absolute atomic E-state index is 13.0. The predicted octanol–water partition coefficient (Wildman–Crippen LogP) is 2.51. The highest BCUT2D eigenvalue weighted by Crippen LogP contribution is 2.28. The molecule has 8 nitrogen and oxygen atoms in total. The number of carboxylic acids is 1. The van der Waals surface area contributed by atoms with E-state index >= 15 is 0 Å². The number of aliphatic carboxylic acids is 1. The molecule has 2 aromatic carbocycles. The lowest BCUT2D eigenvalue weighted by Crippen LogP contribution is -2.41. The van der Waals surface area contributed by atoms with Crippen molar-refractivity contribution in [2.24, 2.45) is 0 Å². The fourth-order valence-electron chi connectivity index (χ4n) is 3.45. The smallest absolute Gasteiger partial charge is 0.326 e. The van der Waals surface area contributed by atoms with Crippen molar-refractivity contribution in [2.45, 2.75) is 31.3 Å². The van der Waals surface area contributed by atoms with Crippen LogP contribution in [0.15, 0.2) is 48.5 Å². The Morgan fingerprint density at radius 3 is 2.56 bits per heavy atom.